The normalized spacial score (nSPS) is 16.0. The van der Waals surface area contributed by atoms with Crippen LogP contribution in [0.15, 0.2) is 81.5 Å². The molecule has 0 aliphatic carbocycles. The summed E-state index contributed by atoms with van der Waals surface area (Å²) < 4.78 is 35.9. The highest BCUT2D eigenvalue weighted by Gasteiger charge is 2.25. The van der Waals surface area contributed by atoms with E-state index >= 15 is 0 Å². The molecule has 1 fully saturated rings. The van der Waals surface area contributed by atoms with Crippen LogP contribution < -0.4 is 14.2 Å². The summed E-state index contributed by atoms with van der Waals surface area (Å²) in [6, 6.07) is 17.7. The second kappa shape index (κ2) is 10.1. The number of carbonyl (C=O) groups excluding carboxylic acids is 1. The summed E-state index contributed by atoms with van der Waals surface area (Å²) in [7, 11) is -2.84. The lowest BCUT2D eigenvalue weighted by Crippen LogP contribution is -2.19. The smallest absolute Gasteiger partial charge is 0.339 e. The van der Waals surface area contributed by atoms with E-state index in [1.807, 2.05) is 30.3 Å². The van der Waals surface area contributed by atoms with Crippen molar-refractivity contribution in [2.45, 2.75) is 4.90 Å². The third kappa shape index (κ3) is 5.56. The van der Waals surface area contributed by atoms with Crippen molar-refractivity contribution in [3.8, 4) is 11.5 Å². The van der Waals surface area contributed by atoms with Gasteiger partial charge < -0.3 is 14.2 Å². The number of aliphatic imine (C=N–C) groups is 1. The van der Waals surface area contributed by atoms with Gasteiger partial charge in [-0.1, -0.05) is 41.4 Å². The number of amidine groups is 1. The van der Waals surface area contributed by atoms with Crippen molar-refractivity contribution < 1.29 is 22.1 Å². The van der Waals surface area contributed by atoms with Gasteiger partial charge in [0.2, 0.25) is 5.75 Å². The predicted molar refractivity (Wildman–Crippen MR) is 135 cm³/mol. The van der Waals surface area contributed by atoms with Crippen LogP contribution in [-0.2, 0) is 14.9 Å². The van der Waals surface area contributed by atoms with Crippen molar-refractivity contribution in [3.05, 3.63) is 87.2 Å². The van der Waals surface area contributed by atoms with Gasteiger partial charge in [-0.25, -0.2) is 4.99 Å². The molecule has 0 spiro atoms. The van der Waals surface area contributed by atoms with Crippen molar-refractivity contribution in [1.29, 1.82) is 0 Å². The van der Waals surface area contributed by atoms with Crippen molar-refractivity contribution in [2.75, 3.05) is 7.11 Å². The van der Waals surface area contributed by atoms with Crippen LogP contribution in [0.4, 0.5) is 5.69 Å². The third-order valence-corrected chi connectivity index (χ3v) is 7.16. The Hall–Kier alpha value is -2.98. The number of hydrogen-bond acceptors (Lipinski definition) is 7. The van der Waals surface area contributed by atoms with Gasteiger partial charge in [0.05, 0.1) is 22.7 Å². The average Bonchev–Trinajstić information content (AvgIpc) is 3.14. The zero-order valence-corrected chi connectivity index (χ0v) is 20.6. The maximum atomic E-state index is 12.7. The van der Waals surface area contributed by atoms with E-state index in [0.29, 0.717) is 26.3 Å². The standard InChI is InChI=1S/C23H16Cl2N2O5S2/c1-31-19-12-14(13-20-22(28)27-23(33-20)26-16-5-3-2-4-6-16)11-18(25)21(19)32-34(29,30)17-9-7-15(24)8-10-17/h2-13H,1H3,(H,26,27,28)/b20-13-. The van der Waals surface area contributed by atoms with E-state index in [0.717, 1.165) is 0 Å². The molecule has 4 rings (SSSR count). The Bertz CT molecular complexity index is 1410. The van der Waals surface area contributed by atoms with E-state index in [2.05, 4.69) is 10.3 Å². The molecule has 174 valence electrons. The molecule has 1 N–H and O–H groups in total. The number of halogens is 2. The molecule has 1 amide bonds. The number of carbonyl (C=O) groups is 1. The maximum Gasteiger partial charge on any atom is 0.339 e. The molecule has 0 atom stereocenters. The van der Waals surface area contributed by atoms with Crippen LogP contribution in [0.3, 0.4) is 0 Å². The second-order valence-corrected chi connectivity index (χ2v) is 10.3. The Labute approximate surface area is 210 Å². The van der Waals surface area contributed by atoms with Gasteiger partial charge in [-0.3, -0.25) is 4.79 Å². The van der Waals surface area contributed by atoms with Crippen molar-refractivity contribution in [2.24, 2.45) is 4.99 Å². The molecule has 1 saturated heterocycles. The quantitative estimate of drug-likeness (QED) is 0.323. The first-order valence-corrected chi connectivity index (χ1v) is 12.7. The van der Waals surface area contributed by atoms with E-state index in [4.69, 9.17) is 32.1 Å². The Morgan fingerprint density at radius 1 is 1.03 bits per heavy atom. The monoisotopic (exact) mass is 534 g/mol. The van der Waals surface area contributed by atoms with Gasteiger partial charge in [0.25, 0.3) is 5.91 Å². The van der Waals surface area contributed by atoms with Gasteiger partial charge in [-0.15, -0.1) is 0 Å². The minimum Gasteiger partial charge on any atom is -0.493 e. The number of hydrogen-bond donors (Lipinski definition) is 1. The van der Waals surface area contributed by atoms with Crippen LogP contribution in [0.5, 0.6) is 11.5 Å². The van der Waals surface area contributed by atoms with E-state index in [1.54, 1.807) is 6.08 Å². The highest BCUT2D eigenvalue weighted by Crippen LogP contribution is 2.39. The van der Waals surface area contributed by atoms with Crippen molar-refractivity contribution in [1.82, 2.24) is 5.32 Å². The second-order valence-electron chi connectivity index (χ2n) is 6.84. The molecular formula is C23H16Cl2N2O5S2. The number of methoxy groups -OCH3 is 1. The minimum atomic E-state index is -4.19. The van der Waals surface area contributed by atoms with Crippen LogP contribution in [-0.4, -0.2) is 26.6 Å². The van der Waals surface area contributed by atoms with Gasteiger partial charge >= 0.3 is 10.1 Å². The number of ether oxygens (including phenoxy) is 1. The summed E-state index contributed by atoms with van der Waals surface area (Å²) in [5, 5.41) is 3.53. The molecule has 0 unspecified atom stereocenters. The number of para-hydroxylation sites is 1. The summed E-state index contributed by atoms with van der Waals surface area (Å²) >= 11 is 13.3. The maximum absolute atomic E-state index is 12.7. The molecule has 3 aromatic carbocycles. The highest BCUT2D eigenvalue weighted by atomic mass is 35.5. The first-order valence-electron chi connectivity index (χ1n) is 9.67. The number of amides is 1. The molecular weight excluding hydrogens is 519 g/mol. The fourth-order valence-corrected chi connectivity index (χ4v) is 5.14. The van der Waals surface area contributed by atoms with E-state index < -0.39 is 10.1 Å². The van der Waals surface area contributed by atoms with Crippen LogP contribution in [0, 0.1) is 0 Å². The fourth-order valence-electron chi connectivity index (χ4n) is 2.91. The first kappa shape index (κ1) is 24.2. The zero-order valence-electron chi connectivity index (χ0n) is 17.5. The fraction of sp³-hybridized carbons (Fsp3) is 0.0435. The largest absolute Gasteiger partial charge is 0.493 e. The molecule has 1 heterocycles. The summed E-state index contributed by atoms with van der Waals surface area (Å²) in [5.74, 6) is -0.407. The first-order chi connectivity index (χ1) is 16.2. The Kier molecular flexibility index (Phi) is 7.18. The van der Waals surface area contributed by atoms with Crippen LogP contribution in [0.2, 0.25) is 10.0 Å². The van der Waals surface area contributed by atoms with Crippen LogP contribution in [0.25, 0.3) is 6.08 Å². The summed E-state index contributed by atoms with van der Waals surface area (Å²) in [5.41, 5.74) is 1.22. The number of thioether (sulfide) groups is 1. The lowest BCUT2D eigenvalue weighted by Gasteiger charge is -2.13. The molecule has 34 heavy (non-hydrogen) atoms. The van der Waals surface area contributed by atoms with Gasteiger partial charge in [0.15, 0.2) is 10.9 Å². The summed E-state index contributed by atoms with van der Waals surface area (Å²) in [4.78, 5) is 17.1. The molecule has 0 bridgehead atoms. The van der Waals surface area contributed by atoms with Gasteiger partial charge in [0.1, 0.15) is 4.90 Å². The van der Waals surface area contributed by atoms with Gasteiger partial charge in [-0.05, 0) is 71.9 Å². The molecule has 3 aromatic rings. The summed E-state index contributed by atoms with van der Waals surface area (Å²) in [6.07, 6.45) is 1.60. The lowest BCUT2D eigenvalue weighted by atomic mass is 10.2. The molecule has 0 radical (unpaired) electrons. The number of rotatable bonds is 6. The lowest BCUT2D eigenvalue weighted by molar-refractivity contribution is -0.115. The summed E-state index contributed by atoms with van der Waals surface area (Å²) in [6.45, 7) is 0. The van der Waals surface area contributed by atoms with Gasteiger partial charge in [0, 0.05) is 5.02 Å². The molecule has 7 nitrogen and oxygen atoms in total. The predicted octanol–water partition coefficient (Wildman–Crippen LogP) is 5.66. The SMILES string of the molecule is COc1cc(/C=C2\SC(=Nc3ccccc3)NC2=O)cc(Cl)c1OS(=O)(=O)c1ccc(Cl)cc1. The number of nitrogens with one attached hydrogen (secondary N) is 1. The Morgan fingerprint density at radius 2 is 1.74 bits per heavy atom. The van der Waals surface area contributed by atoms with E-state index in [1.165, 1.54) is 55.3 Å². The third-order valence-electron chi connectivity index (χ3n) is 4.48. The van der Waals surface area contributed by atoms with Crippen LogP contribution in [0.1, 0.15) is 5.56 Å². The Morgan fingerprint density at radius 3 is 2.41 bits per heavy atom. The Balaban J connectivity index is 1.61. The average molecular weight is 535 g/mol. The molecule has 1 aliphatic rings. The van der Waals surface area contributed by atoms with E-state index in [9.17, 15) is 13.2 Å². The van der Waals surface area contributed by atoms with Crippen molar-refractivity contribution >= 4 is 67.9 Å². The zero-order chi connectivity index (χ0) is 24.3. The molecule has 11 heteroatoms. The van der Waals surface area contributed by atoms with E-state index in [-0.39, 0.29) is 27.3 Å². The van der Waals surface area contributed by atoms with Crippen LogP contribution >= 0.6 is 35.0 Å². The number of nitrogens with zero attached hydrogens (tertiary/aromatic N) is 1. The topological polar surface area (TPSA) is 94.1 Å². The number of benzene rings is 3. The van der Waals surface area contributed by atoms with Crippen molar-refractivity contribution in [3.63, 3.8) is 0 Å². The van der Waals surface area contributed by atoms with Gasteiger partial charge in [-0.2, -0.15) is 8.42 Å². The minimum absolute atomic E-state index is 0.00896. The molecule has 0 aromatic heterocycles. The molecule has 0 saturated carbocycles. The molecule has 1 aliphatic heterocycles. The highest BCUT2D eigenvalue weighted by molar-refractivity contribution is 8.18.